The molecular formula is C15H14ClN3O. The molecule has 0 aliphatic heterocycles. The van der Waals surface area contributed by atoms with Crippen LogP contribution in [0.1, 0.15) is 11.3 Å². The summed E-state index contributed by atoms with van der Waals surface area (Å²) in [6, 6.07) is 13.3. The molecule has 0 atom stereocenters. The van der Waals surface area contributed by atoms with E-state index in [0.717, 1.165) is 18.7 Å². The smallest absolute Gasteiger partial charge is 0.161 e. The Morgan fingerprint density at radius 2 is 2.00 bits per heavy atom. The summed E-state index contributed by atoms with van der Waals surface area (Å²) in [7, 11) is 1.65. The standard InChI is InChI=1S/C15H14ClN3O/c1-20-12-4-2-11(3-5-12)8-9-18-15-7-6-13(16)14(10-17)19-15/h2-7H,8-9H2,1H3,(H,18,19). The number of hydrogen-bond donors (Lipinski definition) is 1. The minimum atomic E-state index is 0.237. The van der Waals surface area contributed by atoms with Crippen LogP contribution in [0.5, 0.6) is 5.75 Å². The molecule has 0 aliphatic rings. The third-order valence-electron chi connectivity index (χ3n) is 2.83. The Hall–Kier alpha value is -2.25. The summed E-state index contributed by atoms with van der Waals surface area (Å²) in [6.07, 6.45) is 0.857. The molecular weight excluding hydrogens is 274 g/mol. The van der Waals surface area contributed by atoms with Gasteiger partial charge in [-0.05, 0) is 36.2 Å². The Kier molecular flexibility index (Phi) is 4.80. The predicted octanol–water partition coefficient (Wildman–Crippen LogP) is 3.27. The lowest BCUT2D eigenvalue weighted by atomic mass is 10.1. The van der Waals surface area contributed by atoms with Crippen molar-refractivity contribution in [1.29, 1.82) is 5.26 Å². The van der Waals surface area contributed by atoms with Gasteiger partial charge in [-0.2, -0.15) is 5.26 Å². The van der Waals surface area contributed by atoms with Crippen LogP contribution >= 0.6 is 11.6 Å². The summed E-state index contributed by atoms with van der Waals surface area (Å²) in [5, 5.41) is 12.4. The molecule has 1 heterocycles. The van der Waals surface area contributed by atoms with E-state index >= 15 is 0 Å². The third-order valence-corrected chi connectivity index (χ3v) is 3.14. The van der Waals surface area contributed by atoms with Gasteiger partial charge < -0.3 is 10.1 Å². The van der Waals surface area contributed by atoms with Crippen LogP contribution < -0.4 is 10.1 Å². The van der Waals surface area contributed by atoms with Crippen LogP contribution in [-0.4, -0.2) is 18.6 Å². The van der Waals surface area contributed by atoms with Crippen molar-refractivity contribution in [3.8, 4) is 11.8 Å². The normalized spacial score (nSPS) is 9.85. The van der Waals surface area contributed by atoms with E-state index in [-0.39, 0.29) is 5.69 Å². The Morgan fingerprint density at radius 1 is 1.25 bits per heavy atom. The van der Waals surface area contributed by atoms with Gasteiger partial charge in [0.15, 0.2) is 5.69 Å². The van der Waals surface area contributed by atoms with Gasteiger partial charge in [-0.3, -0.25) is 0 Å². The molecule has 0 aliphatic carbocycles. The van der Waals surface area contributed by atoms with Gasteiger partial charge in [0.05, 0.1) is 12.1 Å². The number of nitriles is 1. The second-order valence-electron chi connectivity index (χ2n) is 4.16. The summed E-state index contributed by atoms with van der Waals surface area (Å²) < 4.78 is 5.11. The first kappa shape index (κ1) is 14.2. The van der Waals surface area contributed by atoms with Gasteiger partial charge in [-0.1, -0.05) is 23.7 Å². The zero-order chi connectivity index (χ0) is 14.4. The van der Waals surface area contributed by atoms with E-state index in [2.05, 4.69) is 10.3 Å². The van der Waals surface area contributed by atoms with Crippen molar-refractivity contribution in [1.82, 2.24) is 4.98 Å². The zero-order valence-electron chi connectivity index (χ0n) is 11.1. The molecule has 0 amide bonds. The van der Waals surface area contributed by atoms with Gasteiger partial charge in [0.2, 0.25) is 0 Å². The molecule has 0 bridgehead atoms. The first-order valence-electron chi connectivity index (χ1n) is 6.16. The molecule has 1 aromatic heterocycles. The Bertz CT molecular complexity index is 620. The van der Waals surface area contributed by atoms with Gasteiger partial charge in [-0.15, -0.1) is 0 Å². The molecule has 5 heteroatoms. The van der Waals surface area contributed by atoms with Gasteiger partial charge in [0, 0.05) is 6.54 Å². The van der Waals surface area contributed by atoms with Crippen molar-refractivity contribution in [3.63, 3.8) is 0 Å². The van der Waals surface area contributed by atoms with Crippen LogP contribution in [0.4, 0.5) is 5.82 Å². The topological polar surface area (TPSA) is 57.9 Å². The molecule has 1 aromatic carbocycles. The van der Waals surface area contributed by atoms with Crippen molar-refractivity contribution < 1.29 is 4.74 Å². The molecule has 0 unspecified atom stereocenters. The second-order valence-corrected chi connectivity index (χ2v) is 4.57. The molecule has 4 nitrogen and oxygen atoms in total. The van der Waals surface area contributed by atoms with E-state index in [9.17, 15) is 0 Å². The number of ether oxygens (including phenoxy) is 1. The summed E-state index contributed by atoms with van der Waals surface area (Å²) >= 11 is 5.83. The molecule has 2 rings (SSSR count). The van der Waals surface area contributed by atoms with Gasteiger partial charge >= 0.3 is 0 Å². The van der Waals surface area contributed by atoms with Crippen LogP contribution in [0.25, 0.3) is 0 Å². The largest absolute Gasteiger partial charge is 0.497 e. The lowest BCUT2D eigenvalue weighted by molar-refractivity contribution is 0.414. The zero-order valence-corrected chi connectivity index (χ0v) is 11.8. The van der Waals surface area contributed by atoms with Crippen LogP contribution in [0.2, 0.25) is 5.02 Å². The predicted molar refractivity (Wildman–Crippen MR) is 79.1 cm³/mol. The number of pyridine rings is 1. The minimum Gasteiger partial charge on any atom is -0.497 e. The molecule has 20 heavy (non-hydrogen) atoms. The van der Waals surface area contributed by atoms with Crippen LogP contribution in [0, 0.1) is 11.3 Å². The average Bonchev–Trinajstić information content (AvgIpc) is 2.49. The van der Waals surface area contributed by atoms with Crippen molar-refractivity contribution in [2.75, 3.05) is 19.0 Å². The van der Waals surface area contributed by atoms with Crippen LogP contribution in [0.15, 0.2) is 36.4 Å². The number of aromatic nitrogens is 1. The number of methoxy groups -OCH3 is 1. The molecule has 0 saturated carbocycles. The lowest BCUT2D eigenvalue weighted by Crippen LogP contribution is -2.06. The van der Waals surface area contributed by atoms with E-state index < -0.39 is 0 Å². The number of nitrogens with zero attached hydrogens (tertiary/aromatic N) is 2. The van der Waals surface area contributed by atoms with E-state index in [0.29, 0.717) is 10.8 Å². The number of hydrogen-bond acceptors (Lipinski definition) is 4. The first-order valence-corrected chi connectivity index (χ1v) is 6.54. The van der Waals surface area contributed by atoms with Crippen LogP contribution in [-0.2, 0) is 6.42 Å². The third kappa shape index (κ3) is 3.62. The number of nitrogens with one attached hydrogen (secondary N) is 1. The van der Waals surface area contributed by atoms with Gasteiger partial charge in [0.1, 0.15) is 17.6 Å². The van der Waals surface area contributed by atoms with E-state index in [4.69, 9.17) is 21.6 Å². The maximum Gasteiger partial charge on any atom is 0.161 e. The molecule has 1 N–H and O–H groups in total. The summed E-state index contributed by atoms with van der Waals surface area (Å²) in [5.41, 5.74) is 1.44. The van der Waals surface area contributed by atoms with Crippen molar-refractivity contribution in [2.24, 2.45) is 0 Å². The van der Waals surface area contributed by atoms with Crippen molar-refractivity contribution in [2.45, 2.75) is 6.42 Å². The maximum atomic E-state index is 8.86. The molecule has 0 saturated heterocycles. The van der Waals surface area contributed by atoms with E-state index in [1.807, 2.05) is 30.3 Å². The second kappa shape index (κ2) is 6.78. The maximum absolute atomic E-state index is 8.86. The lowest BCUT2D eigenvalue weighted by Gasteiger charge is -2.07. The number of halogens is 1. The summed E-state index contributed by atoms with van der Waals surface area (Å²) in [5.74, 6) is 1.50. The quantitative estimate of drug-likeness (QED) is 0.917. The fraction of sp³-hybridized carbons (Fsp3) is 0.200. The fourth-order valence-corrected chi connectivity index (χ4v) is 1.89. The highest BCUT2D eigenvalue weighted by Gasteiger charge is 2.02. The molecule has 0 fully saturated rings. The van der Waals surface area contributed by atoms with Gasteiger partial charge in [0.25, 0.3) is 0 Å². The number of benzene rings is 1. The molecule has 2 aromatic rings. The highest BCUT2D eigenvalue weighted by Crippen LogP contribution is 2.16. The monoisotopic (exact) mass is 287 g/mol. The fourth-order valence-electron chi connectivity index (χ4n) is 1.75. The van der Waals surface area contributed by atoms with Crippen molar-refractivity contribution >= 4 is 17.4 Å². The number of anilines is 1. The van der Waals surface area contributed by atoms with E-state index in [1.165, 1.54) is 5.56 Å². The van der Waals surface area contributed by atoms with Gasteiger partial charge in [-0.25, -0.2) is 4.98 Å². The molecule has 0 spiro atoms. The van der Waals surface area contributed by atoms with Crippen LogP contribution in [0.3, 0.4) is 0 Å². The Morgan fingerprint density at radius 3 is 2.65 bits per heavy atom. The summed E-state index contributed by atoms with van der Waals surface area (Å²) in [6.45, 7) is 0.728. The van der Waals surface area contributed by atoms with Crippen molar-refractivity contribution in [3.05, 3.63) is 52.7 Å². The highest BCUT2D eigenvalue weighted by atomic mass is 35.5. The Labute approximate surface area is 123 Å². The van der Waals surface area contributed by atoms with E-state index in [1.54, 1.807) is 19.2 Å². The highest BCUT2D eigenvalue weighted by molar-refractivity contribution is 6.31. The molecule has 102 valence electrons. The first-order chi connectivity index (χ1) is 9.72. The summed E-state index contributed by atoms with van der Waals surface area (Å²) in [4.78, 5) is 4.13. The average molecular weight is 288 g/mol. The minimum absolute atomic E-state index is 0.237. The SMILES string of the molecule is COc1ccc(CCNc2ccc(Cl)c(C#N)n2)cc1. The Balaban J connectivity index is 1.91. The molecule has 0 radical (unpaired) electrons. The number of rotatable bonds is 5.